The van der Waals surface area contributed by atoms with E-state index in [2.05, 4.69) is 5.32 Å². The molecule has 0 spiro atoms. The molecule has 2 heterocycles. The Morgan fingerprint density at radius 1 is 1.16 bits per heavy atom. The van der Waals surface area contributed by atoms with Crippen molar-refractivity contribution in [3.05, 3.63) is 53.8 Å². The van der Waals surface area contributed by atoms with Crippen LogP contribution in [0.5, 0.6) is 5.75 Å². The zero-order valence-corrected chi connectivity index (χ0v) is 14.3. The van der Waals surface area contributed by atoms with Crippen LogP contribution >= 0.6 is 0 Å². The lowest BCUT2D eigenvalue weighted by Gasteiger charge is -2.24. The van der Waals surface area contributed by atoms with Crippen molar-refractivity contribution < 1.29 is 17.5 Å². The van der Waals surface area contributed by atoms with E-state index in [4.69, 9.17) is 15.6 Å². The monoisotopic (exact) mass is 365 g/mol. The Bertz CT molecular complexity index is 835. The summed E-state index contributed by atoms with van der Waals surface area (Å²) in [5.74, 6) is 0.822. The van der Waals surface area contributed by atoms with Crippen LogP contribution in [-0.2, 0) is 10.0 Å². The number of ether oxygens (including phenoxy) is 1. The number of nitrogen functional groups attached to an aromatic ring is 1. The van der Waals surface area contributed by atoms with Crippen LogP contribution in [0.25, 0.3) is 0 Å². The number of halogens is 1. The van der Waals surface area contributed by atoms with Crippen molar-refractivity contribution in [1.29, 1.82) is 0 Å². The highest BCUT2D eigenvalue weighted by Crippen LogP contribution is 2.41. The smallest absolute Gasteiger partial charge is 0.238 e. The van der Waals surface area contributed by atoms with Gasteiger partial charge in [0.05, 0.1) is 4.90 Å². The number of nitrogens with one attached hydrogen (secondary N) is 1. The van der Waals surface area contributed by atoms with Gasteiger partial charge in [0.1, 0.15) is 17.7 Å². The van der Waals surface area contributed by atoms with Crippen LogP contribution in [0, 0.1) is 5.82 Å². The highest BCUT2D eigenvalue weighted by atomic mass is 32.2. The third-order valence-electron chi connectivity index (χ3n) is 4.28. The minimum absolute atomic E-state index is 0.120. The Morgan fingerprint density at radius 2 is 1.88 bits per heavy atom. The molecule has 134 valence electrons. The van der Waals surface area contributed by atoms with Crippen LogP contribution in [-0.4, -0.2) is 27.6 Å². The van der Waals surface area contributed by atoms with Crippen molar-refractivity contribution in [2.24, 2.45) is 5.14 Å². The van der Waals surface area contributed by atoms with E-state index < -0.39 is 10.0 Å². The summed E-state index contributed by atoms with van der Waals surface area (Å²) in [4.78, 5) is 0.166. The summed E-state index contributed by atoms with van der Waals surface area (Å²) in [6.45, 7) is 1.74. The zero-order valence-electron chi connectivity index (χ0n) is 13.5. The summed E-state index contributed by atoms with van der Waals surface area (Å²) < 4.78 is 40.4. The lowest BCUT2D eigenvalue weighted by atomic mass is 9.90. The topological polar surface area (TPSA) is 107 Å². The highest BCUT2D eigenvalue weighted by Gasteiger charge is 2.36. The van der Waals surface area contributed by atoms with Gasteiger partial charge in [0, 0.05) is 23.7 Å². The maximum absolute atomic E-state index is 12.0. The summed E-state index contributed by atoms with van der Waals surface area (Å²) >= 11 is 0. The van der Waals surface area contributed by atoms with E-state index in [1.807, 2.05) is 0 Å². The lowest BCUT2D eigenvalue weighted by Crippen LogP contribution is -2.39. The van der Waals surface area contributed by atoms with Gasteiger partial charge >= 0.3 is 0 Å². The second kappa shape index (κ2) is 6.99. The standard InChI is InChI=1S/C11H14N2O3S.C6H6FN/c12-17(14,15)7-1-2-10-9(5-7)8-3-4-13-6-11(8)16-10;7-5-1-3-6(8)4-2-5/h1-2,5,8,11,13H,3-4,6H2,(H2,12,14,15);1-4H,8H2. The molecule has 0 bridgehead atoms. The van der Waals surface area contributed by atoms with Gasteiger partial charge in [-0.25, -0.2) is 17.9 Å². The average molecular weight is 365 g/mol. The van der Waals surface area contributed by atoms with Crippen LogP contribution in [0.1, 0.15) is 17.9 Å². The Kier molecular flexibility index (Phi) is 4.94. The number of fused-ring (bicyclic) bond motifs is 3. The van der Waals surface area contributed by atoms with Crippen LogP contribution in [0.2, 0.25) is 0 Å². The SMILES string of the molecule is NS(=O)(=O)c1ccc2c(c1)C1CCNCC1O2.Nc1ccc(F)cc1. The zero-order chi connectivity index (χ0) is 18.0. The Labute approximate surface area is 146 Å². The molecular formula is C17H20FN3O3S. The number of hydrogen-bond donors (Lipinski definition) is 3. The van der Waals surface area contributed by atoms with Crippen molar-refractivity contribution in [3.8, 4) is 5.75 Å². The molecule has 8 heteroatoms. The molecular weight excluding hydrogens is 345 g/mol. The number of primary sulfonamides is 1. The van der Waals surface area contributed by atoms with Gasteiger partial charge in [0.15, 0.2) is 0 Å². The van der Waals surface area contributed by atoms with Crippen molar-refractivity contribution in [3.63, 3.8) is 0 Å². The van der Waals surface area contributed by atoms with Gasteiger partial charge < -0.3 is 15.8 Å². The maximum Gasteiger partial charge on any atom is 0.238 e. The number of piperidine rings is 1. The predicted octanol–water partition coefficient (Wildman–Crippen LogP) is 1.58. The molecule has 1 saturated heterocycles. The van der Waals surface area contributed by atoms with E-state index in [1.165, 1.54) is 30.3 Å². The maximum atomic E-state index is 12.0. The first-order valence-electron chi connectivity index (χ1n) is 7.90. The van der Waals surface area contributed by atoms with Gasteiger partial charge in [-0.2, -0.15) is 0 Å². The molecule has 6 nitrogen and oxygen atoms in total. The summed E-state index contributed by atoms with van der Waals surface area (Å²) in [7, 11) is -3.63. The summed E-state index contributed by atoms with van der Waals surface area (Å²) in [5, 5.41) is 8.41. The largest absolute Gasteiger partial charge is 0.488 e. The quantitative estimate of drug-likeness (QED) is 0.665. The third-order valence-corrected chi connectivity index (χ3v) is 5.20. The van der Waals surface area contributed by atoms with Crippen LogP contribution in [0.15, 0.2) is 47.4 Å². The van der Waals surface area contributed by atoms with E-state index in [-0.39, 0.29) is 22.7 Å². The number of nitrogens with two attached hydrogens (primary N) is 2. The van der Waals surface area contributed by atoms with Crippen LogP contribution < -0.4 is 20.9 Å². The van der Waals surface area contributed by atoms with E-state index in [0.717, 1.165) is 30.8 Å². The molecule has 1 fully saturated rings. The van der Waals surface area contributed by atoms with Crippen molar-refractivity contribution in [2.75, 3.05) is 18.8 Å². The van der Waals surface area contributed by atoms with Gasteiger partial charge in [-0.3, -0.25) is 0 Å². The van der Waals surface area contributed by atoms with E-state index in [1.54, 1.807) is 12.1 Å². The first-order valence-corrected chi connectivity index (χ1v) is 9.44. The summed E-state index contributed by atoms with van der Waals surface area (Å²) in [6, 6.07) is 10.6. The fourth-order valence-corrected chi connectivity index (χ4v) is 3.59. The molecule has 2 aliphatic rings. The van der Waals surface area contributed by atoms with E-state index in [0.29, 0.717) is 5.69 Å². The molecule has 25 heavy (non-hydrogen) atoms. The molecule has 2 aliphatic heterocycles. The molecule has 0 saturated carbocycles. The molecule has 2 aromatic carbocycles. The summed E-state index contributed by atoms with van der Waals surface area (Å²) in [6.07, 6.45) is 1.08. The van der Waals surface area contributed by atoms with Crippen LogP contribution in [0.4, 0.5) is 10.1 Å². The minimum atomic E-state index is -3.63. The fourth-order valence-electron chi connectivity index (χ4n) is 3.04. The second-order valence-electron chi connectivity index (χ2n) is 6.05. The molecule has 5 N–H and O–H groups in total. The van der Waals surface area contributed by atoms with E-state index >= 15 is 0 Å². The minimum Gasteiger partial charge on any atom is -0.488 e. The number of sulfonamides is 1. The third kappa shape index (κ3) is 4.09. The Morgan fingerprint density at radius 3 is 2.52 bits per heavy atom. The molecule has 2 unspecified atom stereocenters. The van der Waals surface area contributed by atoms with Crippen molar-refractivity contribution in [2.45, 2.75) is 23.3 Å². The van der Waals surface area contributed by atoms with Gasteiger partial charge in [-0.1, -0.05) is 0 Å². The van der Waals surface area contributed by atoms with Gasteiger partial charge in [0.2, 0.25) is 10.0 Å². The second-order valence-corrected chi connectivity index (χ2v) is 7.61. The number of hydrogen-bond acceptors (Lipinski definition) is 5. The number of benzene rings is 2. The normalized spacial score (nSPS) is 21.4. The molecule has 4 rings (SSSR count). The Hall–Kier alpha value is -2.16. The van der Waals surface area contributed by atoms with E-state index in [9.17, 15) is 12.8 Å². The summed E-state index contributed by atoms with van der Waals surface area (Å²) in [5.41, 5.74) is 6.82. The van der Waals surface area contributed by atoms with Crippen molar-refractivity contribution >= 4 is 15.7 Å². The van der Waals surface area contributed by atoms with Gasteiger partial charge in [-0.15, -0.1) is 0 Å². The first-order chi connectivity index (χ1) is 11.8. The van der Waals surface area contributed by atoms with Gasteiger partial charge in [0.25, 0.3) is 0 Å². The van der Waals surface area contributed by atoms with Crippen LogP contribution in [0.3, 0.4) is 0 Å². The number of rotatable bonds is 1. The highest BCUT2D eigenvalue weighted by molar-refractivity contribution is 7.89. The molecule has 2 aromatic rings. The number of anilines is 1. The van der Waals surface area contributed by atoms with Crippen molar-refractivity contribution in [1.82, 2.24) is 5.32 Å². The fraction of sp³-hybridized carbons (Fsp3) is 0.294. The molecule has 2 atom stereocenters. The molecule has 0 aromatic heterocycles. The average Bonchev–Trinajstić information content (AvgIpc) is 2.95. The Balaban J connectivity index is 0.000000192. The molecule has 0 aliphatic carbocycles. The lowest BCUT2D eigenvalue weighted by molar-refractivity contribution is 0.177. The molecule has 0 amide bonds. The predicted molar refractivity (Wildman–Crippen MR) is 93.3 cm³/mol. The van der Waals surface area contributed by atoms with Gasteiger partial charge in [-0.05, 0) is 55.4 Å². The molecule has 0 radical (unpaired) electrons. The first kappa shape index (κ1) is 17.7.